The van der Waals surface area contributed by atoms with Gasteiger partial charge in [0.05, 0.1) is 0 Å². The standard InChI is InChI=1S/C16H31NS/c1-5-18-8-6-7-16(12-17-15(2,3)4)10-13-9-14(13)11-16/h13-14,17H,5-12H2,1-4H3. The van der Waals surface area contributed by atoms with Crippen molar-refractivity contribution in [2.45, 2.75) is 65.3 Å². The summed E-state index contributed by atoms with van der Waals surface area (Å²) >= 11 is 2.11. The number of nitrogens with one attached hydrogen (secondary N) is 1. The maximum absolute atomic E-state index is 3.78. The minimum atomic E-state index is 0.276. The highest BCUT2D eigenvalue weighted by Crippen LogP contribution is 2.61. The molecule has 0 saturated heterocycles. The van der Waals surface area contributed by atoms with Crippen LogP contribution in [0.5, 0.6) is 0 Å². The third kappa shape index (κ3) is 4.16. The van der Waals surface area contributed by atoms with E-state index >= 15 is 0 Å². The second kappa shape index (κ2) is 5.75. The molecule has 0 aromatic heterocycles. The second-order valence-electron chi connectivity index (χ2n) is 7.57. The van der Waals surface area contributed by atoms with Gasteiger partial charge in [-0.05, 0) is 81.6 Å². The molecular formula is C16H31NS. The van der Waals surface area contributed by atoms with Crippen LogP contribution in [0.1, 0.15) is 59.8 Å². The van der Waals surface area contributed by atoms with E-state index in [0.29, 0.717) is 5.41 Å². The normalized spacial score (nSPS) is 34.7. The van der Waals surface area contributed by atoms with Gasteiger partial charge >= 0.3 is 0 Å². The van der Waals surface area contributed by atoms with Crippen molar-refractivity contribution in [3.63, 3.8) is 0 Å². The molecule has 106 valence electrons. The summed E-state index contributed by atoms with van der Waals surface area (Å²) in [4.78, 5) is 0. The quantitative estimate of drug-likeness (QED) is 0.691. The topological polar surface area (TPSA) is 12.0 Å². The number of hydrogen-bond donors (Lipinski definition) is 1. The van der Waals surface area contributed by atoms with E-state index in [1.54, 1.807) is 6.42 Å². The summed E-state index contributed by atoms with van der Waals surface area (Å²) in [6.45, 7) is 10.4. The number of rotatable bonds is 7. The van der Waals surface area contributed by atoms with Crippen LogP contribution in [-0.4, -0.2) is 23.6 Å². The summed E-state index contributed by atoms with van der Waals surface area (Å²) in [5.74, 6) is 4.85. The van der Waals surface area contributed by atoms with Gasteiger partial charge in [0, 0.05) is 12.1 Å². The Morgan fingerprint density at radius 2 is 1.89 bits per heavy atom. The smallest absolute Gasteiger partial charge is 0.00967 e. The molecule has 18 heavy (non-hydrogen) atoms. The predicted molar refractivity (Wildman–Crippen MR) is 83.3 cm³/mol. The molecule has 0 aliphatic heterocycles. The molecule has 1 N–H and O–H groups in total. The van der Waals surface area contributed by atoms with Gasteiger partial charge in [-0.15, -0.1) is 0 Å². The van der Waals surface area contributed by atoms with E-state index < -0.39 is 0 Å². The van der Waals surface area contributed by atoms with Crippen LogP contribution in [0.2, 0.25) is 0 Å². The molecule has 2 fully saturated rings. The fourth-order valence-corrected chi connectivity index (χ4v) is 4.23. The van der Waals surface area contributed by atoms with Crippen molar-refractivity contribution < 1.29 is 0 Å². The molecule has 0 aromatic rings. The van der Waals surface area contributed by atoms with Gasteiger partial charge in [0.2, 0.25) is 0 Å². The van der Waals surface area contributed by atoms with Crippen molar-refractivity contribution >= 4 is 11.8 Å². The van der Waals surface area contributed by atoms with E-state index in [1.807, 2.05) is 0 Å². The zero-order chi connectivity index (χ0) is 13.2. The predicted octanol–water partition coefficient (Wildman–Crippen LogP) is 4.32. The zero-order valence-corrected chi connectivity index (χ0v) is 13.5. The lowest BCUT2D eigenvalue weighted by Gasteiger charge is -2.35. The van der Waals surface area contributed by atoms with E-state index in [0.717, 1.165) is 11.8 Å². The summed E-state index contributed by atoms with van der Waals surface area (Å²) in [6.07, 6.45) is 7.44. The molecule has 0 heterocycles. The Labute approximate surface area is 118 Å². The van der Waals surface area contributed by atoms with Crippen LogP contribution in [0.15, 0.2) is 0 Å². The van der Waals surface area contributed by atoms with Gasteiger partial charge in [0.1, 0.15) is 0 Å². The van der Waals surface area contributed by atoms with Crippen molar-refractivity contribution in [1.29, 1.82) is 0 Å². The molecule has 2 saturated carbocycles. The summed E-state index contributed by atoms with van der Waals surface area (Å²) in [6, 6.07) is 0. The van der Waals surface area contributed by atoms with Gasteiger partial charge in [-0.1, -0.05) is 6.92 Å². The SMILES string of the molecule is CCSCCCC1(CNC(C)(C)C)CC2CC2C1. The maximum atomic E-state index is 3.78. The monoisotopic (exact) mass is 269 g/mol. The van der Waals surface area contributed by atoms with Crippen molar-refractivity contribution in [2.24, 2.45) is 17.3 Å². The van der Waals surface area contributed by atoms with E-state index in [-0.39, 0.29) is 5.54 Å². The first-order valence-corrected chi connectivity index (χ1v) is 8.92. The molecular weight excluding hydrogens is 238 g/mol. The van der Waals surface area contributed by atoms with Crippen molar-refractivity contribution in [3.8, 4) is 0 Å². The Hall–Kier alpha value is 0.310. The van der Waals surface area contributed by atoms with Crippen molar-refractivity contribution in [3.05, 3.63) is 0 Å². The van der Waals surface area contributed by atoms with Gasteiger partial charge in [-0.25, -0.2) is 0 Å². The Balaban J connectivity index is 1.80. The fourth-order valence-electron chi connectivity index (χ4n) is 3.59. The lowest BCUT2D eigenvalue weighted by atomic mass is 9.78. The van der Waals surface area contributed by atoms with Crippen LogP contribution in [-0.2, 0) is 0 Å². The van der Waals surface area contributed by atoms with E-state index in [2.05, 4.69) is 44.8 Å². The molecule has 0 amide bonds. The molecule has 2 aliphatic rings. The number of hydrogen-bond acceptors (Lipinski definition) is 2. The first-order chi connectivity index (χ1) is 8.44. The Morgan fingerprint density at radius 1 is 1.22 bits per heavy atom. The molecule has 2 unspecified atom stereocenters. The summed E-state index contributed by atoms with van der Waals surface area (Å²) in [5, 5.41) is 3.78. The van der Waals surface area contributed by atoms with E-state index in [9.17, 15) is 0 Å². The zero-order valence-electron chi connectivity index (χ0n) is 12.7. The van der Waals surface area contributed by atoms with Gasteiger partial charge in [0.25, 0.3) is 0 Å². The Morgan fingerprint density at radius 3 is 2.44 bits per heavy atom. The van der Waals surface area contributed by atoms with Crippen LogP contribution in [0.3, 0.4) is 0 Å². The van der Waals surface area contributed by atoms with Crippen LogP contribution in [0, 0.1) is 17.3 Å². The van der Waals surface area contributed by atoms with Crippen LogP contribution in [0.4, 0.5) is 0 Å². The van der Waals surface area contributed by atoms with Crippen LogP contribution >= 0.6 is 11.8 Å². The highest BCUT2D eigenvalue weighted by atomic mass is 32.2. The van der Waals surface area contributed by atoms with Crippen LogP contribution < -0.4 is 5.32 Å². The lowest BCUT2D eigenvalue weighted by molar-refractivity contribution is 0.206. The molecule has 1 nitrogen and oxygen atoms in total. The van der Waals surface area contributed by atoms with Crippen molar-refractivity contribution in [2.75, 3.05) is 18.1 Å². The summed E-state index contributed by atoms with van der Waals surface area (Å²) in [7, 11) is 0. The Kier molecular flexibility index (Phi) is 4.70. The minimum absolute atomic E-state index is 0.276. The van der Waals surface area contributed by atoms with Gasteiger partial charge in [-0.2, -0.15) is 11.8 Å². The van der Waals surface area contributed by atoms with Gasteiger partial charge in [0.15, 0.2) is 0 Å². The number of thioether (sulfide) groups is 1. The molecule has 0 bridgehead atoms. The van der Waals surface area contributed by atoms with Crippen LogP contribution in [0.25, 0.3) is 0 Å². The number of fused-ring (bicyclic) bond motifs is 1. The third-order valence-corrected chi connectivity index (χ3v) is 5.64. The first kappa shape index (κ1) is 14.7. The molecule has 0 aromatic carbocycles. The molecule has 2 rings (SSSR count). The fraction of sp³-hybridized carbons (Fsp3) is 1.00. The first-order valence-electron chi connectivity index (χ1n) is 7.77. The average Bonchev–Trinajstić information content (AvgIpc) is 2.90. The molecule has 2 aliphatic carbocycles. The molecule has 2 heteroatoms. The maximum Gasteiger partial charge on any atom is 0.00967 e. The summed E-state index contributed by atoms with van der Waals surface area (Å²) in [5.41, 5.74) is 0.924. The largest absolute Gasteiger partial charge is 0.312 e. The third-order valence-electron chi connectivity index (χ3n) is 4.65. The molecule has 2 atom stereocenters. The van der Waals surface area contributed by atoms with Gasteiger partial charge in [-0.3, -0.25) is 0 Å². The van der Waals surface area contributed by atoms with Gasteiger partial charge < -0.3 is 5.32 Å². The minimum Gasteiger partial charge on any atom is -0.312 e. The average molecular weight is 269 g/mol. The molecule has 0 spiro atoms. The van der Waals surface area contributed by atoms with Crippen molar-refractivity contribution in [1.82, 2.24) is 5.32 Å². The Bertz CT molecular complexity index is 259. The lowest BCUT2D eigenvalue weighted by Crippen LogP contribution is -2.43. The highest BCUT2D eigenvalue weighted by molar-refractivity contribution is 7.99. The second-order valence-corrected chi connectivity index (χ2v) is 8.96. The van der Waals surface area contributed by atoms with E-state index in [1.165, 1.54) is 43.7 Å². The molecule has 0 radical (unpaired) electrons. The highest BCUT2D eigenvalue weighted by Gasteiger charge is 2.53. The summed E-state index contributed by atoms with van der Waals surface area (Å²) < 4.78 is 0. The van der Waals surface area contributed by atoms with E-state index in [4.69, 9.17) is 0 Å².